The Morgan fingerprint density at radius 3 is 2.67 bits per heavy atom. The fourth-order valence-corrected chi connectivity index (χ4v) is 3.35. The van der Waals surface area contributed by atoms with E-state index in [1.807, 2.05) is 24.3 Å². The van der Waals surface area contributed by atoms with Crippen LogP contribution in [-0.2, 0) is 9.53 Å². The number of aromatic nitrogens is 5. The number of hydrogen-bond acceptors (Lipinski definition) is 8. The summed E-state index contributed by atoms with van der Waals surface area (Å²) < 4.78 is 6.26. The third kappa shape index (κ3) is 4.28. The van der Waals surface area contributed by atoms with Gasteiger partial charge in [0.2, 0.25) is 11.1 Å². The number of benzene rings is 1. The van der Waals surface area contributed by atoms with Crippen LogP contribution < -0.4 is 5.32 Å². The van der Waals surface area contributed by atoms with E-state index in [1.54, 1.807) is 41.2 Å². The molecule has 0 aliphatic carbocycles. The molecule has 0 aliphatic rings. The second-order valence-electron chi connectivity index (χ2n) is 6.12. The molecule has 0 spiro atoms. The summed E-state index contributed by atoms with van der Waals surface area (Å²) in [5.41, 5.74) is 3.18. The number of carbonyl (C=O) groups is 2. The lowest BCUT2D eigenvalue weighted by Gasteiger charge is -2.06. The van der Waals surface area contributed by atoms with Gasteiger partial charge in [-0.05, 0) is 48.5 Å². The molecule has 150 valence electrons. The van der Waals surface area contributed by atoms with Gasteiger partial charge in [-0.3, -0.25) is 9.78 Å². The van der Waals surface area contributed by atoms with Crippen molar-refractivity contribution in [2.24, 2.45) is 0 Å². The molecule has 0 unspecified atom stereocenters. The van der Waals surface area contributed by atoms with Crippen LogP contribution in [-0.4, -0.2) is 49.5 Å². The third-order valence-corrected chi connectivity index (χ3v) is 5.03. The van der Waals surface area contributed by atoms with Crippen molar-refractivity contribution in [2.75, 3.05) is 18.2 Å². The normalized spacial score (nSPS) is 10.7. The Morgan fingerprint density at radius 1 is 1.10 bits per heavy atom. The third-order valence-electron chi connectivity index (χ3n) is 4.11. The first-order valence-corrected chi connectivity index (χ1v) is 9.86. The number of hydrogen-bond donors (Lipinski definition) is 1. The Bertz CT molecular complexity index is 1190. The maximum atomic E-state index is 12.3. The minimum Gasteiger partial charge on any atom is -0.465 e. The minimum absolute atomic E-state index is 0.123. The molecule has 0 saturated heterocycles. The van der Waals surface area contributed by atoms with E-state index in [9.17, 15) is 9.59 Å². The number of carbonyl (C=O) groups excluding carboxylic acids is 2. The van der Waals surface area contributed by atoms with E-state index in [-0.39, 0.29) is 11.7 Å². The lowest BCUT2D eigenvalue weighted by Crippen LogP contribution is -2.14. The van der Waals surface area contributed by atoms with Crippen LogP contribution in [0.5, 0.6) is 0 Å². The van der Waals surface area contributed by atoms with Crippen molar-refractivity contribution in [3.63, 3.8) is 0 Å². The van der Waals surface area contributed by atoms with Gasteiger partial charge in [0.1, 0.15) is 0 Å². The number of amides is 1. The molecular weight excluding hydrogens is 404 g/mol. The monoisotopic (exact) mass is 420 g/mol. The highest BCUT2D eigenvalue weighted by Gasteiger charge is 2.12. The second-order valence-corrected chi connectivity index (χ2v) is 7.06. The fraction of sp³-hybridized carbons (Fsp3) is 0.100. The molecule has 1 amide bonds. The van der Waals surface area contributed by atoms with E-state index in [1.165, 1.54) is 18.9 Å². The highest BCUT2D eigenvalue weighted by Crippen LogP contribution is 2.20. The molecule has 0 radical (unpaired) electrons. The van der Waals surface area contributed by atoms with Gasteiger partial charge in [0.15, 0.2) is 5.65 Å². The molecule has 0 fully saturated rings. The second kappa shape index (κ2) is 8.70. The zero-order valence-electron chi connectivity index (χ0n) is 15.8. The first kappa shape index (κ1) is 19.5. The number of ether oxygens (including phenoxy) is 1. The molecule has 1 aromatic carbocycles. The van der Waals surface area contributed by atoms with Crippen molar-refractivity contribution in [2.45, 2.75) is 5.16 Å². The van der Waals surface area contributed by atoms with Crippen LogP contribution in [0.15, 0.2) is 66.1 Å². The number of anilines is 1. The smallest absolute Gasteiger partial charge is 0.337 e. The molecule has 0 aliphatic heterocycles. The van der Waals surface area contributed by atoms with Crippen LogP contribution >= 0.6 is 11.8 Å². The van der Waals surface area contributed by atoms with Crippen molar-refractivity contribution >= 4 is 35.0 Å². The van der Waals surface area contributed by atoms with Crippen molar-refractivity contribution in [3.8, 4) is 11.3 Å². The largest absolute Gasteiger partial charge is 0.465 e. The predicted molar refractivity (Wildman–Crippen MR) is 111 cm³/mol. The Labute approximate surface area is 175 Å². The van der Waals surface area contributed by atoms with Gasteiger partial charge >= 0.3 is 5.97 Å². The molecule has 9 nitrogen and oxygen atoms in total. The van der Waals surface area contributed by atoms with E-state index in [0.29, 0.717) is 22.1 Å². The predicted octanol–water partition coefficient (Wildman–Crippen LogP) is 2.70. The number of pyridine rings is 1. The van der Waals surface area contributed by atoms with E-state index >= 15 is 0 Å². The summed E-state index contributed by atoms with van der Waals surface area (Å²) in [5.74, 6) is -0.524. The van der Waals surface area contributed by atoms with Crippen LogP contribution in [0.1, 0.15) is 10.4 Å². The number of nitrogens with zero attached hydrogens (tertiary/aromatic N) is 5. The van der Waals surface area contributed by atoms with Crippen LogP contribution in [0.2, 0.25) is 0 Å². The van der Waals surface area contributed by atoms with Crippen LogP contribution in [0, 0.1) is 0 Å². The van der Waals surface area contributed by atoms with Crippen LogP contribution in [0.4, 0.5) is 5.69 Å². The van der Waals surface area contributed by atoms with Crippen molar-refractivity contribution < 1.29 is 14.3 Å². The maximum Gasteiger partial charge on any atom is 0.337 e. The summed E-state index contributed by atoms with van der Waals surface area (Å²) in [5, 5.41) is 16.0. The Balaban J connectivity index is 1.43. The quantitative estimate of drug-likeness (QED) is 0.374. The Morgan fingerprint density at radius 2 is 1.93 bits per heavy atom. The van der Waals surface area contributed by atoms with Gasteiger partial charge in [-0.2, -0.15) is 9.61 Å². The van der Waals surface area contributed by atoms with E-state index < -0.39 is 5.97 Å². The molecule has 0 atom stereocenters. The lowest BCUT2D eigenvalue weighted by molar-refractivity contribution is -0.113. The topological polar surface area (TPSA) is 111 Å². The fourth-order valence-electron chi connectivity index (χ4n) is 2.66. The van der Waals surface area contributed by atoms with Crippen LogP contribution in [0.25, 0.3) is 16.9 Å². The average Bonchev–Trinajstić information content (AvgIpc) is 3.20. The number of methoxy groups -OCH3 is 1. The van der Waals surface area contributed by atoms with E-state index in [2.05, 4.69) is 30.3 Å². The van der Waals surface area contributed by atoms with Gasteiger partial charge in [-0.1, -0.05) is 11.8 Å². The Kier molecular flexibility index (Phi) is 5.66. The highest BCUT2D eigenvalue weighted by molar-refractivity contribution is 7.99. The van der Waals surface area contributed by atoms with Gasteiger partial charge < -0.3 is 10.1 Å². The standard InChI is InChI=1S/C20H16N6O3S/c1-29-19(28)13-4-6-15(7-5-13)22-18(27)12-30-20-24-23-17-9-8-16(25-26(17)20)14-3-2-10-21-11-14/h2-11H,12H2,1H3,(H,22,27). The zero-order valence-corrected chi connectivity index (χ0v) is 16.7. The first-order chi connectivity index (χ1) is 14.6. The van der Waals surface area contributed by atoms with Gasteiger partial charge in [0.25, 0.3) is 0 Å². The first-order valence-electron chi connectivity index (χ1n) is 8.88. The molecule has 10 heteroatoms. The van der Waals surface area contributed by atoms with Crippen LogP contribution in [0.3, 0.4) is 0 Å². The molecule has 3 heterocycles. The Hall–Kier alpha value is -3.79. The molecular formula is C20H16N6O3S. The summed E-state index contributed by atoms with van der Waals surface area (Å²) in [4.78, 5) is 27.9. The molecule has 3 aromatic heterocycles. The lowest BCUT2D eigenvalue weighted by atomic mass is 10.2. The minimum atomic E-state index is -0.430. The number of rotatable bonds is 6. The highest BCUT2D eigenvalue weighted by atomic mass is 32.2. The van der Waals surface area contributed by atoms with Gasteiger partial charge in [-0.25, -0.2) is 4.79 Å². The number of esters is 1. The van der Waals surface area contributed by atoms with Gasteiger partial charge in [0.05, 0.1) is 24.1 Å². The van der Waals surface area contributed by atoms with Crippen molar-refractivity contribution in [1.82, 2.24) is 24.8 Å². The number of nitrogens with one attached hydrogen (secondary N) is 1. The number of fused-ring (bicyclic) bond motifs is 1. The summed E-state index contributed by atoms with van der Waals surface area (Å²) in [6, 6.07) is 13.9. The number of thioether (sulfide) groups is 1. The van der Waals surface area contributed by atoms with E-state index in [4.69, 9.17) is 0 Å². The van der Waals surface area contributed by atoms with E-state index in [0.717, 1.165) is 11.3 Å². The maximum absolute atomic E-state index is 12.3. The summed E-state index contributed by atoms with van der Waals surface area (Å²) in [7, 11) is 1.32. The summed E-state index contributed by atoms with van der Waals surface area (Å²) >= 11 is 1.22. The molecule has 0 saturated carbocycles. The molecule has 30 heavy (non-hydrogen) atoms. The van der Waals surface area contributed by atoms with Crippen molar-refractivity contribution in [3.05, 3.63) is 66.5 Å². The molecule has 1 N–H and O–H groups in total. The molecule has 4 rings (SSSR count). The van der Waals surface area contributed by atoms with Gasteiger partial charge in [-0.15, -0.1) is 10.2 Å². The average molecular weight is 420 g/mol. The van der Waals surface area contributed by atoms with Crippen molar-refractivity contribution in [1.29, 1.82) is 0 Å². The molecule has 0 bridgehead atoms. The van der Waals surface area contributed by atoms with Gasteiger partial charge in [0, 0.05) is 23.6 Å². The molecule has 4 aromatic rings. The summed E-state index contributed by atoms with van der Waals surface area (Å²) in [6.07, 6.45) is 3.42. The summed E-state index contributed by atoms with van der Waals surface area (Å²) in [6.45, 7) is 0. The zero-order chi connectivity index (χ0) is 20.9. The SMILES string of the molecule is COC(=O)c1ccc(NC(=O)CSc2nnc3ccc(-c4cccnc4)nn23)cc1.